The number of hydrogen-bond donors (Lipinski definition) is 2. The lowest BCUT2D eigenvalue weighted by atomic mass is 9.96. The highest BCUT2D eigenvalue weighted by molar-refractivity contribution is 5.95. The fraction of sp³-hybridized carbons (Fsp3) is 0.519. The molecule has 2 N–H and O–H groups in total. The lowest BCUT2D eigenvalue weighted by Crippen LogP contribution is -2.51. The Morgan fingerprint density at radius 1 is 0.971 bits per heavy atom. The van der Waals surface area contributed by atoms with E-state index in [0.29, 0.717) is 49.4 Å². The van der Waals surface area contributed by atoms with E-state index in [1.165, 1.54) is 19.3 Å². The third kappa shape index (κ3) is 7.10. The molecule has 8 heteroatoms. The summed E-state index contributed by atoms with van der Waals surface area (Å²) < 4.78 is 11.7. The molecule has 2 aromatic rings. The van der Waals surface area contributed by atoms with E-state index in [4.69, 9.17) is 9.47 Å². The Hall–Kier alpha value is -3.29. The van der Waals surface area contributed by atoms with Gasteiger partial charge in [0.25, 0.3) is 5.91 Å². The van der Waals surface area contributed by atoms with Crippen LogP contribution in [0, 0.1) is 0 Å². The minimum atomic E-state index is -0.0788. The first kappa shape index (κ1) is 24.8. The van der Waals surface area contributed by atoms with E-state index in [9.17, 15) is 9.59 Å². The number of rotatable bonds is 8. The zero-order valence-electron chi connectivity index (χ0n) is 20.5. The molecule has 1 saturated heterocycles. The molecule has 0 unspecified atom stereocenters. The number of hydrogen-bond acceptors (Lipinski definition) is 5. The fourth-order valence-corrected chi connectivity index (χ4v) is 4.74. The van der Waals surface area contributed by atoms with Crippen molar-refractivity contribution < 1.29 is 19.1 Å². The highest BCUT2D eigenvalue weighted by Gasteiger charge is 2.26. The summed E-state index contributed by atoms with van der Waals surface area (Å²) in [4.78, 5) is 31.5. The van der Waals surface area contributed by atoms with Gasteiger partial charge in [0.1, 0.15) is 6.61 Å². The number of aromatic nitrogens is 1. The van der Waals surface area contributed by atoms with Crippen molar-refractivity contribution in [1.29, 1.82) is 0 Å². The van der Waals surface area contributed by atoms with E-state index in [1.54, 1.807) is 30.6 Å². The first-order valence-electron chi connectivity index (χ1n) is 12.8. The maximum Gasteiger partial charge on any atom is 0.315 e. The van der Waals surface area contributed by atoms with E-state index >= 15 is 0 Å². The van der Waals surface area contributed by atoms with Crippen molar-refractivity contribution in [3.8, 4) is 11.5 Å². The second-order valence-electron chi connectivity index (χ2n) is 9.26. The molecule has 4 rings (SSSR count). The fourth-order valence-electron chi connectivity index (χ4n) is 4.74. The largest absolute Gasteiger partial charge is 0.490 e. The molecule has 0 bridgehead atoms. The van der Waals surface area contributed by atoms with Crippen LogP contribution in [-0.2, 0) is 6.61 Å². The lowest BCUT2D eigenvalue weighted by Gasteiger charge is -2.33. The van der Waals surface area contributed by atoms with Crippen LogP contribution in [0.1, 0.15) is 67.8 Å². The molecule has 188 valence electrons. The van der Waals surface area contributed by atoms with Gasteiger partial charge in [-0.3, -0.25) is 9.78 Å². The maximum absolute atomic E-state index is 13.2. The number of pyridine rings is 1. The van der Waals surface area contributed by atoms with Gasteiger partial charge in [0.05, 0.1) is 6.61 Å². The SMILES string of the molecule is CCOc1cc(C(=O)N2CCC(NC(=O)NC3CCCCC3)CC2)ccc1OCc1cccnc1. The van der Waals surface area contributed by atoms with Crippen molar-refractivity contribution >= 4 is 11.9 Å². The highest BCUT2D eigenvalue weighted by atomic mass is 16.5. The van der Waals surface area contributed by atoms with Gasteiger partial charge in [-0.2, -0.15) is 0 Å². The Kier molecular flexibility index (Phi) is 8.81. The van der Waals surface area contributed by atoms with E-state index < -0.39 is 0 Å². The molecule has 3 amide bonds. The molecule has 1 aliphatic carbocycles. The lowest BCUT2D eigenvalue weighted by molar-refractivity contribution is 0.0707. The highest BCUT2D eigenvalue weighted by Crippen LogP contribution is 2.30. The monoisotopic (exact) mass is 480 g/mol. The van der Waals surface area contributed by atoms with E-state index in [2.05, 4.69) is 15.6 Å². The summed E-state index contributed by atoms with van der Waals surface area (Å²) >= 11 is 0. The number of nitrogens with zero attached hydrogens (tertiary/aromatic N) is 2. The van der Waals surface area contributed by atoms with Crippen LogP contribution in [0.4, 0.5) is 4.79 Å². The van der Waals surface area contributed by atoms with Gasteiger partial charge in [-0.1, -0.05) is 25.3 Å². The quantitative estimate of drug-likeness (QED) is 0.588. The smallest absolute Gasteiger partial charge is 0.315 e. The molecule has 1 aromatic heterocycles. The third-order valence-electron chi connectivity index (χ3n) is 6.67. The van der Waals surface area contributed by atoms with Gasteiger partial charge >= 0.3 is 6.03 Å². The van der Waals surface area contributed by atoms with E-state index in [0.717, 1.165) is 31.2 Å². The minimum absolute atomic E-state index is 0.0325. The van der Waals surface area contributed by atoms with Crippen molar-refractivity contribution in [2.24, 2.45) is 0 Å². The molecule has 0 radical (unpaired) electrons. The van der Waals surface area contributed by atoms with Crippen LogP contribution in [0.2, 0.25) is 0 Å². The zero-order valence-corrected chi connectivity index (χ0v) is 20.5. The normalized spacial score (nSPS) is 17.0. The molecule has 1 saturated carbocycles. The number of urea groups is 1. The molecule has 2 heterocycles. The molecule has 0 atom stereocenters. The molecule has 1 aromatic carbocycles. The zero-order chi connectivity index (χ0) is 24.5. The van der Waals surface area contributed by atoms with Gasteiger partial charge in [-0.25, -0.2) is 4.79 Å². The summed E-state index contributed by atoms with van der Waals surface area (Å²) in [6, 6.07) is 9.45. The Balaban J connectivity index is 1.29. The van der Waals surface area contributed by atoms with Crippen LogP contribution < -0.4 is 20.1 Å². The number of ether oxygens (including phenoxy) is 2. The molecular formula is C27H36N4O4. The number of piperidine rings is 1. The summed E-state index contributed by atoms with van der Waals surface area (Å²) in [6.45, 7) is 3.96. The van der Waals surface area contributed by atoms with Gasteiger partial charge < -0.3 is 25.0 Å². The summed E-state index contributed by atoms with van der Waals surface area (Å²) in [5.74, 6) is 1.12. The number of benzene rings is 1. The van der Waals surface area contributed by atoms with E-state index in [-0.39, 0.29) is 18.0 Å². The second-order valence-corrected chi connectivity index (χ2v) is 9.26. The Morgan fingerprint density at radius 2 is 1.71 bits per heavy atom. The molecule has 2 aliphatic rings. The maximum atomic E-state index is 13.2. The number of likely N-dealkylation sites (tertiary alicyclic amines) is 1. The van der Waals surface area contributed by atoms with Crippen LogP contribution in [0.25, 0.3) is 0 Å². The van der Waals surface area contributed by atoms with E-state index in [1.807, 2.05) is 24.0 Å². The molecular weight excluding hydrogens is 444 g/mol. The predicted octanol–water partition coefficient (Wildman–Crippen LogP) is 4.30. The van der Waals surface area contributed by atoms with Crippen LogP contribution in [0.15, 0.2) is 42.7 Å². The Bertz CT molecular complexity index is 970. The predicted molar refractivity (Wildman–Crippen MR) is 134 cm³/mol. The van der Waals surface area contributed by atoms with Crippen LogP contribution in [0.5, 0.6) is 11.5 Å². The molecule has 1 aliphatic heterocycles. The Morgan fingerprint density at radius 3 is 2.40 bits per heavy atom. The van der Waals surface area contributed by atoms with Crippen molar-refractivity contribution in [3.05, 3.63) is 53.9 Å². The van der Waals surface area contributed by atoms with Gasteiger partial charge in [0, 0.05) is 48.7 Å². The minimum Gasteiger partial charge on any atom is -0.490 e. The van der Waals surface area contributed by atoms with Crippen molar-refractivity contribution in [3.63, 3.8) is 0 Å². The first-order valence-corrected chi connectivity index (χ1v) is 12.8. The molecule has 8 nitrogen and oxygen atoms in total. The van der Waals surface area contributed by atoms with Gasteiger partial charge in [-0.15, -0.1) is 0 Å². The van der Waals surface area contributed by atoms with Gasteiger partial charge in [0.2, 0.25) is 0 Å². The van der Waals surface area contributed by atoms with Crippen molar-refractivity contribution in [2.45, 2.75) is 70.6 Å². The molecule has 35 heavy (non-hydrogen) atoms. The molecule has 2 fully saturated rings. The molecule has 0 spiro atoms. The number of carbonyl (C=O) groups is 2. The van der Waals surface area contributed by atoms with Crippen molar-refractivity contribution in [1.82, 2.24) is 20.5 Å². The number of carbonyl (C=O) groups excluding carboxylic acids is 2. The summed E-state index contributed by atoms with van der Waals surface area (Å²) in [7, 11) is 0. The first-order chi connectivity index (χ1) is 17.1. The average molecular weight is 481 g/mol. The summed E-state index contributed by atoms with van der Waals surface area (Å²) in [6.07, 6.45) is 10.7. The van der Waals surface area contributed by atoms with Crippen LogP contribution in [0.3, 0.4) is 0 Å². The van der Waals surface area contributed by atoms with Gasteiger partial charge in [-0.05, 0) is 56.9 Å². The standard InChI is InChI=1S/C27H36N4O4/c1-2-34-25-17-21(10-11-24(25)35-19-20-7-6-14-28-18-20)26(32)31-15-12-23(13-16-31)30-27(33)29-22-8-4-3-5-9-22/h6-7,10-11,14,17-18,22-23H,2-5,8-9,12-13,15-16,19H2,1H3,(H2,29,30,33). The number of nitrogens with one attached hydrogen (secondary N) is 2. The van der Waals surface area contributed by atoms with Gasteiger partial charge in [0.15, 0.2) is 11.5 Å². The summed E-state index contributed by atoms with van der Waals surface area (Å²) in [5, 5.41) is 6.21. The Labute approximate surface area is 207 Å². The topological polar surface area (TPSA) is 92.8 Å². The number of amides is 3. The average Bonchev–Trinajstić information content (AvgIpc) is 2.89. The second kappa shape index (κ2) is 12.4. The van der Waals surface area contributed by atoms with Crippen molar-refractivity contribution in [2.75, 3.05) is 19.7 Å². The van der Waals surface area contributed by atoms with Crippen LogP contribution in [-0.4, -0.2) is 53.6 Å². The summed E-state index contributed by atoms with van der Waals surface area (Å²) in [5.41, 5.74) is 1.53. The van der Waals surface area contributed by atoms with Crippen LogP contribution >= 0.6 is 0 Å². The third-order valence-corrected chi connectivity index (χ3v) is 6.67.